The average Bonchev–Trinajstić information content (AvgIpc) is 2.67. The summed E-state index contributed by atoms with van der Waals surface area (Å²) in [6, 6.07) is 4.29. The molecule has 0 aliphatic heterocycles. The molecule has 0 saturated carbocycles. The Kier molecular flexibility index (Phi) is 4.11. The van der Waals surface area contributed by atoms with Crippen molar-refractivity contribution < 1.29 is 4.74 Å². The molecule has 1 unspecified atom stereocenters. The van der Waals surface area contributed by atoms with Gasteiger partial charge >= 0.3 is 0 Å². The molecule has 0 bridgehead atoms. The van der Waals surface area contributed by atoms with Crippen LogP contribution in [0.1, 0.15) is 37.6 Å². The molecule has 0 aliphatic carbocycles. The zero-order chi connectivity index (χ0) is 10.6. The Morgan fingerprint density at radius 1 is 1.57 bits per heavy atom. The third kappa shape index (κ3) is 3.40. The Labute approximate surface area is 90.1 Å². The van der Waals surface area contributed by atoms with E-state index in [0.717, 1.165) is 12.8 Å². The van der Waals surface area contributed by atoms with Crippen LogP contribution in [0.15, 0.2) is 17.5 Å². The number of hydrogen-bond donors (Lipinski definition) is 1. The van der Waals surface area contributed by atoms with Gasteiger partial charge in [-0.15, -0.1) is 11.3 Å². The molecule has 1 rings (SSSR count). The SMILES string of the molecule is COC(C)(C)CCC(N)c1cccs1. The maximum absolute atomic E-state index is 6.06. The zero-order valence-corrected chi connectivity index (χ0v) is 9.93. The third-order valence-electron chi connectivity index (χ3n) is 2.52. The van der Waals surface area contributed by atoms with Crippen molar-refractivity contribution >= 4 is 11.3 Å². The van der Waals surface area contributed by atoms with Crippen LogP contribution in [0.2, 0.25) is 0 Å². The molecule has 1 aromatic heterocycles. The first kappa shape index (κ1) is 11.7. The summed E-state index contributed by atoms with van der Waals surface area (Å²) in [5, 5.41) is 2.07. The molecule has 80 valence electrons. The number of rotatable bonds is 5. The summed E-state index contributed by atoms with van der Waals surface area (Å²) in [6.45, 7) is 4.18. The van der Waals surface area contributed by atoms with Gasteiger partial charge in [0.15, 0.2) is 0 Å². The fraction of sp³-hybridized carbons (Fsp3) is 0.636. The van der Waals surface area contributed by atoms with Crippen LogP contribution < -0.4 is 5.73 Å². The second kappa shape index (κ2) is 4.91. The van der Waals surface area contributed by atoms with E-state index in [1.165, 1.54) is 4.88 Å². The number of thiophene rings is 1. The lowest BCUT2D eigenvalue weighted by Crippen LogP contribution is -2.24. The van der Waals surface area contributed by atoms with Crippen molar-refractivity contribution in [1.29, 1.82) is 0 Å². The van der Waals surface area contributed by atoms with Crippen LogP contribution in [0.4, 0.5) is 0 Å². The fourth-order valence-corrected chi connectivity index (χ4v) is 2.01. The predicted molar refractivity (Wildman–Crippen MR) is 61.6 cm³/mol. The van der Waals surface area contributed by atoms with Crippen LogP contribution in [0.25, 0.3) is 0 Å². The van der Waals surface area contributed by atoms with Gasteiger partial charge in [-0.3, -0.25) is 0 Å². The predicted octanol–water partition coefficient (Wildman–Crippen LogP) is 2.95. The lowest BCUT2D eigenvalue weighted by molar-refractivity contribution is 0.0125. The van der Waals surface area contributed by atoms with E-state index in [4.69, 9.17) is 10.5 Å². The van der Waals surface area contributed by atoms with Gasteiger partial charge in [-0.1, -0.05) is 6.07 Å². The van der Waals surface area contributed by atoms with Crippen LogP contribution in [0.3, 0.4) is 0 Å². The van der Waals surface area contributed by atoms with Gasteiger partial charge in [0.25, 0.3) is 0 Å². The van der Waals surface area contributed by atoms with E-state index >= 15 is 0 Å². The molecular weight excluding hydrogens is 194 g/mol. The summed E-state index contributed by atoms with van der Waals surface area (Å²) in [4.78, 5) is 1.26. The molecule has 0 amide bonds. The summed E-state index contributed by atoms with van der Waals surface area (Å²) in [7, 11) is 1.75. The summed E-state index contributed by atoms with van der Waals surface area (Å²) in [6.07, 6.45) is 1.96. The van der Waals surface area contributed by atoms with E-state index < -0.39 is 0 Å². The van der Waals surface area contributed by atoms with Gasteiger partial charge in [-0.05, 0) is 38.1 Å². The second-order valence-electron chi connectivity index (χ2n) is 4.12. The molecule has 0 spiro atoms. The second-order valence-corrected chi connectivity index (χ2v) is 5.10. The monoisotopic (exact) mass is 213 g/mol. The van der Waals surface area contributed by atoms with Gasteiger partial charge in [0.2, 0.25) is 0 Å². The summed E-state index contributed by atoms with van der Waals surface area (Å²) < 4.78 is 5.35. The molecular formula is C11H19NOS. The normalized spacial score (nSPS) is 14.3. The Morgan fingerprint density at radius 3 is 2.79 bits per heavy atom. The molecule has 1 heterocycles. The molecule has 3 heteroatoms. The van der Waals surface area contributed by atoms with E-state index in [1.807, 2.05) is 6.07 Å². The molecule has 0 fully saturated rings. The van der Waals surface area contributed by atoms with Gasteiger partial charge in [-0.2, -0.15) is 0 Å². The molecule has 14 heavy (non-hydrogen) atoms. The molecule has 2 nitrogen and oxygen atoms in total. The Bertz CT molecular complexity index is 256. The number of ether oxygens (including phenoxy) is 1. The molecule has 0 saturated heterocycles. The maximum Gasteiger partial charge on any atom is 0.0623 e. The van der Waals surface area contributed by atoms with Crippen LogP contribution >= 0.6 is 11.3 Å². The lowest BCUT2D eigenvalue weighted by Gasteiger charge is -2.24. The molecule has 2 N–H and O–H groups in total. The van der Waals surface area contributed by atoms with E-state index in [1.54, 1.807) is 18.4 Å². The Hall–Kier alpha value is -0.380. The fourth-order valence-electron chi connectivity index (χ4n) is 1.25. The summed E-state index contributed by atoms with van der Waals surface area (Å²) in [5.74, 6) is 0. The Morgan fingerprint density at radius 2 is 2.29 bits per heavy atom. The first-order valence-electron chi connectivity index (χ1n) is 4.89. The van der Waals surface area contributed by atoms with Crippen molar-refractivity contribution in [3.8, 4) is 0 Å². The van der Waals surface area contributed by atoms with E-state index in [-0.39, 0.29) is 11.6 Å². The van der Waals surface area contributed by atoms with Crippen molar-refractivity contribution in [2.45, 2.75) is 38.3 Å². The van der Waals surface area contributed by atoms with E-state index in [9.17, 15) is 0 Å². The van der Waals surface area contributed by atoms with Crippen LogP contribution in [-0.4, -0.2) is 12.7 Å². The van der Waals surface area contributed by atoms with Gasteiger partial charge in [0.1, 0.15) is 0 Å². The number of nitrogens with two attached hydrogens (primary N) is 1. The first-order chi connectivity index (χ1) is 6.55. The highest BCUT2D eigenvalue weighted by molar-refractivity contribution is 7.10. The number of hydrogen-bond acceptors (Lipinski definition) is 3. The highest BCUT2D eigenvalue weighted by Gasteiger charge is 2.18. The van der Waals surface area contributed by atoms with Crippen molar-refractivity contribution in [3.63, 3.8) is 0 Å². The largest absolute Gasteiger partial charge is 0.379 e. The zero-order valence-electron chi connectivity index (χ0n) is 9.12. The van der Waals surface area contributed by atoms with Crippen molar-refractivity contribution in [2.75, 3.05) is 7.11 Å². The molecule has 1 aromatic rings. The quantitative estimate of drug-likeness (QED) is 0.816. The minimum absolute atomic E-state index is 0.0606. The van der Waals surface area contributed by atoms with Gasteiger partial charge in [-0.25, -0.2) is 0 Å². The van der Waals surface area contributed by atoms with Crippen LogP contribution in [0, 0.1) is 0 Å². The van der Waals surface area contributed by atoms with E-state index in [2.05, 4.69) is 25.3 Å². The lowest BCUT2D eigenvalue weighted by atomic mass is 9.99. The van der Waals surface area contributed by atoms with Gasteiger partial charge in [0, 0.05) is 18.0 Å². The maximum atomic E-state index is 6.06. The highest BCUT2D eigenvalue weighted by atomic mass is 32.1. The molecule has 0 radical (unpaired) electrons. The molecule has 0 aromatic carbocycles. The van der Waals surface area contributed by atoms with Gasteiger partial charge in [0.05, 0.1) is 5.60 Å². The highest BCUT2D eigenvalue weighted by Crippen LogP contribution is 2.25. The van der Waals surface area contributed by atoms with Crippen LogP contribution in [0.5, 0.6) is 0 Å². The van der Waals surface area contributed by atoms with Crippen LogP contribution in [-0.2, 0) is 4.74 Å². The molecule has 1 atom stereocenters. The molecule has 0 aliphatic rings. The summed E-state index contributed by atoms with van der Waals surface area (Å²) in [5.41, 5.74) is 6.00. The average molecular weight is 213 g/mol. The smallest absolute Gasteiger partial charge is 0.0623 e. The van der Waals surface area contributed by atoms with Gasteiger partial charge < -0.3 is 10.5 Å². The first-order valence-corrected chi connectivity index (χ1v) is 5.77. The van der Waals surface area contributed by atoms with Crippen molar-refractivity contribution in [3.05, 3.63) is 22.4 Å². The standard InChI is InChI=1S/C11H19NOS/c1-11(2,13-3)7-6-9(12)10-5-4-8-14-10/h4-5,8-9H,6-7,12H2,1-3H3. The topological polar surface area (TPSA) is 35.2 Å². The Balaban J connectivity index is 2.39. The van der Waals surface area contributed by atoms with E-state index in [0.29, 0.717) is 0 Å². The minimum atomic E-state index is -0.0606. The minimum Gasteiger partial charge on any atom is -0.379 e. The van der Waals surface area contributed by atoms with Crippen molar-refractivity contribution in [2.24, 2.45) is 5.73 Å². The summed E-state index contributed by atoms with van der Waals surface area (Å²) >= 11 is 1.72. The third-order valence-corrected chi connectivity index (χ3v) is 3.52. The van der Waals surface area contributed by atoms with Crippen molar-refractivity contribution in [1.82, 2.24) is 0 Å². The number of methoxy groups -OCH3 is 1.